The summed E-state index contributed by atoms with van der Waals surface area (Å²) in [6.07, 6.45) is 0.270. The van der Waals surface area contributed by atoms with Crippen molar-refractivity contribution in [1.82, 2.24) is 9.88 Å². The highest BCUT2D eigenvalue weighted by Crippen LogP contribution is 2.32. The summed E-state index contributed by atoms with van der Waals surface area (Å²) in [7, 11) is 0. The number of anilines is 1. The Morgan fingerprint density at radius 2 is 1.90 bits per heavy atom. The van der Waals surface area contributed by atoms with Gasteiger partial charge in [-0.15, -0.1) is 11.3 Å². The molecule has 1 aromatic heterocycles. The molecule has 0 radical (unpaired) electrons. The quantitative estimate of drug-likeness (QED) is 0.675. The highest BCUT2D eigenvalue weighted by molar-refractivity contribution is 7.21. The molecule has 1 atom stereocenters. The maximum Gasteiger partial charge on any atom is 0.229 e. The third kappa shape index (κ3) is 4.03. The van der Waals surface area contributed by atoms with Gasteiger partial charge in [-0.3, -0.25) is 9.59 Å². The van der Waals surface area contributed by atoms with Crippen molar-refractivity contribution in [3.8, 4) is 10.6 Å². The van der Waals surface area contributed by atoms with Crippen LogP contribution >= 0.6 is 11.3 Å². The van der Waals surface area contributed by atoms with Crippen LogP contribution in [0.3, 0.4) is 0 Å². The predicted octanol–water partition coefficient (Wildman–Crippen LogP) is 4.86. The van der Waals surface area contributed by atoms with Crippen molar-refractivity contribution in [3.05, 3.63) is 48.0 Å². The Labute approximate surface area is 174 Å². The first kappa shape index (κ1) is 19.6. The predicted molar refractivity (Wildman–Crippen MR) is 118 cm³/mol. The number of carbonyl (C=O) groups excluding carboxylic acids is 2. The van der Waals surface area contributed by atoms with Crippen molar-refractivity contribution in [2.75, 3.05) is 11.9 Å². The second kappa shape index (κ2) is 7.26. The molecule has 29 heavy (non-hydrogen) atoms. The number of nitrogens with one attached hydrogen (secondary N) is 1. The van der Waals surface area contributed by atoms with Crippen LogP contribution in [0.15, 0.2) is 42.5 Å². The van der Waals surface area contributed by atoms with Crippen molar-refractivity contribution in [2.24, 2.45) is 5.92 Å². The first-order valence-electron chi connectivity index (χ1n) is 9.80. The van der Waals surface area contributed by atoms with Crippen molar-refractivity contribution < 1.29 is 9.59 Å². The van der Waals surface area contributed by atoms with E-state index in [9.17, 15) is 9.59 Å². The van der Waals surface area contributed by atoms with Gasteiger partial charge in [0.25, 0.3) is 0 Å². The zero-order chi connectivity index (χ0) is 20.8. The molecule has 2 heterocycles. The molecule has 0 aliphatic carbocycles. The van der Waals surface area contributed by atoms with Gasteiger partial charge in [-0.25, -0.2) is 4.98 Å². The smallest absolute Gasteiger partial charge is 0.229 e. The summed E-state index contributed by atoms with van der Waals surface area (Å²) in [6.45, 7) is 8.53. The molecule has 3 aromatic rings. The summed E-state index contributed by atoms with van der Waals surface area (Å²) in [5.41, 5.74) is 3.72. The van der Waals surface area contributed by atoms with Gasteiger partial charge in [-0.05, 0) is 69.7 Å². The standard InChI is InChI=1S/C23H25N3O2S/c1-14-5-10-18-19(11-14)29-22(25-18)15-6-8-17(9-7-15)24-21(28)16-12-20(27)26(13-16)23(2,3)4/h5-11,16H,12-13H2,1-4H3,(H,24,28)/t16-/m1/s1. The number of aryl methyl sites for hydroxylation is 1. The largest absolute Gasteiger partial charge is 0.337 e. The highest BCUT2D eigenvalue weighted by Gasteiger charge is 2.39. The average Bonchev–Trinajstić information content (AvgIpc) is 3.25. The molecule has 2 aromatic carbocycles. The Morgan fingerprint density at radius 1 is 1.17 bits per heavy atom. The van der Waals surface area contributed by atoms with Gasteiger partial charge in [0, 0.05) is 29.8 Å². The number of nitrogens with zero attached hydrogens (tertiary/aromatic N) is 2. The second-order valence-corrected chi connectivity index (χ2v) is 9.66. The lowest BCUT2D eigenvalue weighted by Gasteiger charge is -2.31. The summed E-state index contributed by atoms with van der Waals surface area (Å²) in [5.74, 6) is -0.374. The molecular formula is C23H25N3O2S. The van der Waals surface area contributed by atoms with Crippen LogP contribution in [0.25, 0.3) is 20.8 Å². The molecule has 1 aliphatic rings. The van der Waals surface area contributed by atoms with Gasteiger partial charge < -0.3 is 10.2 Å². The number of fused-ring (bicyclic) bond motifs is 1. The molecule has 0 bridgehead atoms. The summed E-state index contributed by atoms with van der Waals surface area (Å²) in [4.78, 5) is 31.4. The van der Waals surface area contributed by atoms with Gasteiger partial charge in [0.15, 0.2) is 0 Å². The zero-order valence-corrected chi connectivity index (χ0v) is 18.0. The molecule has 5 nitrogen and oxygen atoms in total. The lowest BCUT2D eigenvalue weighted by Crippen LogP contribution is -2.42. The highest BCUT2D eigenvalue weighted by atomic mass is 32.1. The van der Waals surface area contributed by atoms with E-state index in [1.807, 2.05) is 51.1 Å². The van der Waals surface area contributed by atoms with Crippen LogP contribution in [0.1, 0.15) is 32.8 Å². The number of aromatic nitrogens is 1. The Bertz CT molecular complexity index is 1080. The van der Waals surface area contributed by atoms with E-state index in [0.29, 0.717) is 6.54 Å². The second-order valence-electron chi connectivity index (χ2n) is 8.63. The van der Waals surface area contributed by atoms with E-state index in [1.165, 1.54) is 10.3 Å². The normalized spacial score (nSPS) is 17.2. The number of thiazole rings is 1. The summed E-state index contributed by atoms with van der Waals surface area (Å²) < 4.78 is 1.17. The molecule has 2 amide bonds. The third-order valence-corrected chi connectivity index (χ3v) is 6.32. The van der Waals surface area contributed by atoms with Crippen molar-refractivity contribution in [1.29, 1.82) is 0 Å². The first-order chi connectivity index (χ1) is 13.7. The number of amides is 2. The fraction of sp³-hybridized carbons (Fsp3) is 0.348. The Morgan fingerprint density at radius 3 is 2.55 bits per heavy atom. The minimum atomic E-state index is -0.311. The van der Waals surface area contributed by atoms with Crippen molar-refractivity contribution in [3.63, 3.8) is 0 Å². The number of benzene rings is 2. The molecule has 6 heteroatoms. The maximum absolute atomic E-state index is 12.6. The molecule has 1 saturated heterocycles. The van der Waals surface area contributed by atoms with E-state index in [4.69, 9.17) is 4.98 Å². The lowest BCUT2D eigenvalue weighted by atomic mass is 10.1. The van der Waals surface area contributed by atoms with E-state index in [2.05, 4.69) is 24.4 Å². The van der Waals surface area contributed by atoms with Gasteiger partial charge in [-0.2, -0.15) is 0 Å². The average molecular weight is 408 g/mol. The molecule has 1 aliphatic heterocycles. The molecule has 1 N–H and O–H groups in total. The monoisotopic (exact) mass is 407 g/mol. The molecular weight excluding hydrogens is 382 g/mol. The number of hydrogen-bond donors (Lipinski definition) is 1. The fourth-order valence-electron chi connectivity index (χ4n) is 3.63. The van der Waals surface area contributed by atoms with Gasteiger partial charge >= 0.3 is 0 Å². The first-order valence-corrected chi connectivity index (χ1v) is 10.6. The number of hydrogen-bond acceptors (Lipinski definition) is 4. The SMILES string of the molecule is Cc1ccc2nc(-c3ccc(NC(=O)[C@@H]4CC(=O)N(C(C)(C)C)C4)cc3)sc2c1. The van der Waals surface area contributed by atoms with E-state index < -0.39 is 0 Å². The van der Waals surface area contributed by atoms with Crippen molar-refractivity contribution >= 4 is 39.1 Å². The molecule has 150 valence electrons. The maximum atomic E-state index is 12.6. The minimum Gasteiger partial charge on any atom is -0.337 e. The number of rotatable bonds is 3. The lowest BCUT2D eigenvalue weighted by molar-refractivity contribution is -0.131. The van der Waals surface area contributed by atoms with Crippen LogP contribution in [-0.4, -0.2) is 33.8 Å². The minimum absolute atomic E-state index is 0.0408. The summed E-state index contributed by atoms with van der Waals surface area (Å²) in [5, 5.41) is 3.92. The Balaban J connectivity index is 1.45. The number of carbonyl (C=O) groups is 2. The van der Waals surface area contributed by atoms with E-state index in [-0.39, 0.29) is 29.7 Å². The molecule has 1 fully saturated rings. The van der Waals surface area contributed by atoms with E-state index in [0.717, 1.165) is 21.8 Å². The van der Waals surface area contributed by atoms with Gasteiger partial charge in [0.05, 0.1) is 16.1 Å². The van der Waals surface area contributed by atoms with Crippen LogP contribution in [0.4, 0.5) is 5.69 Å². The Kier molecular flexibility index (Phi) is 4.90. The zero-order valence-electron chi connectivity index (χ0n) is 17.2. The van der Waals surface area contributed by atoms with E-state index >= 15 is 0 Å². The van der Waals surface area contributed by atoms with Gasteiger partial charge in [-0.1, -0.05) is 6.07 Å². The molecule has 0 unspecified atom stereocenters. The van der Waals surface area contributed by atoms with Crippen LogP contribution in [0.2, 0.25) is 0 Å². The van der Waals surface area contributed by atoms with Crippen LogP contribution < -0.4 is 5.32 Å². The third-order valence-electron chi connectivity index (χ3n) is 5.25. The van der Waals surface area contributed by atoms with Crippen molar-refractivity contribution in [2.45, 2.75) is 39.7 Å². The molecule has 4 rings (SSSR count). The van der Waals surface area contributed by atoms with E-state index in [1.54, 1.807) is 16.2 Å². The topological polar surface area (TPSA) is 62.3 Å². The van der Waals surface area contributed by atoms with Crippen LogP contribution in [0, 0.1) is 12.8 Å². The summed E-state index contributed by atoms with van der Waals surface area (Å²) >= 11 is 1.67. The van der Waals surface area contributed by atoms with Crippen LogP contribution in [-0.2, 0) is 9.59 Å². The van der Waals surface area contributed by atoms with Crippen LogP contribution in [0.5, 0.6) is 0 Å². The van der Waals surface area contributed by atoms with Gasteiger partial charge in [0.2, 0.25) is 11.8 Å². The Hall–Kier alpha value is -2.73. The number of likely N-dealkylation sites (tertiary alicyclic amines) is 1. The summed E-state index contributed by atoms with van der Waals surface area (Å²) in [6, 6.07) is 14.0. The molecule has 0 saturated carbocycles. The fourth-order valence-corrected chi connectivity index (χ4v) is 4.70. The molecule has 0 spiro atoms. The van der Waals surface area contributed by atoms with Gasteiger partial charge in [0.1, 0.15) is 5.01 Å².